The van der Waals surface area contributed by atoms with Gasteiger partial charge in [-0.3, -0.25) is 9.59 Å². The maximum absolute atomic E-state index is 12.8. The molecule has 0 bridgehead atoms. The minimum atomic E-state index is -0.191. The second kappa shape index (κ2) is 7.83. The molecule has 28 heavy (non-hydrogen) atoms. The molecule has 3 heterocycles. The van der Waals surface area contributed by atoms with Gasteiger partial charge in [-0.05, 0) is 43.0 Å². The molecule has 6 heteroatoms. The van der Waals surface area contributed by atoms with Crippen LogP contribution < -0.4 is 5.32 Å². The second-order valence-corrected chi connectivity index (χ2v) is 9.28. The summed E-state index contributed by atoms with van der Waals surface area (Å²) in [5.74, 6) is -0.249. The fourth-order valence-electron chi connectivity index (χ4n) is 2.91. The molecule has 0 aliphatic heterocycles. The first-order valence-electron chi connectivity index (χ1n) is 8.67. The van der Waals surface area contributed by atoms with Crippen molar-refractivity contribution in [3.8, 4) is 20.2 Å². The zero-order valence-corrected chi connectivity index (χ0v) is 17.8. The fourth-order valence-corrected chi connectivity index (χ4v) is 5.70. The number of carbonyl (C=O) groups is 2. The molecule has 0 unspecified atom stereocenters. The normalized spacial score (nSPS) is 10.8. The Bertz CT molecular complexity index is 1140. The molecule has 0 saturated heterocycles. The second-order valence-electron chi connectivity index (χ2n) is 6.37. The van der Waals surface area contributed by atoms with Crippen LogP contribution in [0.15, 0.2) is 59.3 Å². The van der Waals surface area contributed by atoms with E-state index < -0.39 is 0 Å². The van der Waals surface area contributed by atoms with Crippen molar-refractivity contribution in [3.63, 3.8) is 0 Å². The molecule has 3 aromatic heterocycles. The van der Waals surface area contributed by atoms with Crippen LogP contribution in [0.2, 0.25) is 0 Å². The Hall–Kier alpha value is -2.54. The number of hydrogen-bond donors (Lipinski definition) is 1. The van der Waals surface area contributed by atoms with E-state index in [9.17, 15) is 9.59 Å². The molecule has 0 aliphatic carbocycles. The van der Waals surface area contributed by atoms with Crippen molar-refractivity contribution in [1.29, 1.82) is 0 Å². The molecule has 1 N–H and O–H groups in total. The van der Waals surface area contributed by atoms with Crippen molar-refractivity contribution >= 4 is 51.4 Å². The van der Waals surface area contributed by atoms with Crippen LogP contribution in [0.4, 0.5) is 5.69 Å². The van der Waals surface area contributed by atoms with Gasteiger partial charge < -0.3 is 5.32 Å². The lowest BCUT2D eigenvalue weighted by Crippen LogP contribution is -2.12. The first-order chi connectivity index (χ1) is 13.5. The Morgan fingerprint density at radius 1 is 0.929 bits per heavy atom. The molecule has 0 aliphatic rings. The van der Waals surface area contributed by atoms with Crippen LogP contribution in [-0.2, 0) is 0 Å². The molecule has 1 aromatic carbocycles. The maximum Gasteiger partial charge on any atom is 0.265 e. The summed E-state index contributed by atoms with van der Waals surface area (Å²) in [5, 5.41) is 6.80. The summed E-state index contributed by atoms with van der Waals surface area (Å²) in [7, 11) is 0. The summed E-state index contributed by atoms with van der Waals surface area (Å²) in [4.78, 5) is 28.8. The van der Waals surface area contributed by atoms with Crippen LogP contribution in [0.5, 0.6) is 0 Å². The van der Waals surface area contributed by atoms with Crippen LogP contribution in [0.25, 0.3) is 20.2 Å². The molecular weight excluding hydrogens is 406 g/mol. The highest BCUT2D eigenvalue weighted by molar-refractivity contribution is 7.22. The number of nitrogens with one attached hydrogen (secondary N) is 1. The number of ketones is 1. The number of aryl methyl sites for hydroxylation is 1. The summed E-state index contributed by atoms with van der Waals surface area (Å²) >= 11 is 4.58. The summed E-state index contributed by atoms with van der Waals surface area (Å²) in [6, 6.07) is 15.9. The third-order valence-corrected chi connectivity index (χ3v) is 7.48. The van der Waals surface area contributed by atoms with Crippen molar-refractivity contribution in [2.45, 2.75) is 13.8 Å². The van der Waals surface area contributed by atoms with Gasteiger partial charge in [0.1, 0.15) is 0 Å². The number of rotatable bonds is 5. The lowest BCUT2D eigenvalue weighted by atomic mass is 10.0. The van der Waals surface area contributed by atoms with Gasteiger partial charge in [-0.15, -0.1) is 34.0 Å². The van der Waals surface area contributed by atoms with Crippen LogP contribution >= 0.6 is 34.0 Å². The van der Waals surface area contributed by atoms with Crippen LogP contribution in [0, 0.1) is 6.92 Å². The van der Waals surface area contributed by atoms with Crippen molar-refractivity contribution in [2.24, 2.45) is 0 Å². The first kappa shape index (κ1) is 18.8. The highest BCUT2D eigenvalue weighted by Gasteiger charge is 2.20. The molecule has 1 amide bonds. The van der Waals surface area contributed by atoms with Crippen LogP contribution in [-0.4, -0.2) is 11.7 Å². The molecular formula is C22H17NO2S3. The topological polar surface area (TPSA) is 46.2 Å². The van der Waals surface area contributed by atoms with Gasteiger partial charge in [0.05, 0.1) is 16.1 Å². The molecule has 140 valence electrons. The monoisotopic (exact) mass is 423 g/mol. The molecule has 3 nitrogen and oxygen atoms in total. The minimum absolute atomic E-state index is 0.0578. The summed E-state index contributed by atoms with van der Waals surface area (Å²) in [5.41, 5.74) is 3.29. The van der Waals surface area contributed by atoms with E-state index in [1.54, 1.807) is 11.3 Å². The highest BCUT2D eigenvalue weighted by atomic mass is 32.1. The Labute approximate surface area is 175 Å². The van der Waals surface area contributed by atoms with E-state index in [-0.39, 0.29) is 11.7 Å². The van der Waals surface area contributed by atoms with E-state index in [4.69, 9.17) is 0 Å². The smallest absolute Gasteiger partial charge is 0.265 e. The van der Waals surface area contributed by atoms with Crippen LogP contribution in [0.1, 0.15) is 32.5 Å². The molecule has 4 rings (SSSR count). The van der Waals surface area contributed by atoms with E-state index >= 15 is 0 Å². The zero-order chi connectivity index (χ0) is 19.7. The van der Waals surface area contributed by atoms with E-state index in [0.29, 0.717) is 16.1 Å². The van der Waals surface area contributed by atoms with Gasteiger partial charge in [-0.2, -0.15) is 0 Å². The van der Waals surface area contributed by atoms with E-state index in [1.807, 2.05) is 66.2 Å². The maximum atomic E-state index is 12.8. The third-order valence-electron chi connectivity index (χ3n) is 4.30. The molecule has 4 aromatic rings. The number of Topliss-reactive ketones (excluding diaryl/α,β-unsaturated/α-hetero) is 1. The predicted octanol–water partition coefficient (Wildman–Crippen LogP) is 6.97. The molecule has 0 spiro atoms. The predicted molar refractivity (Wildman–Crippen MR) is 120 cm³/mol. The van der Waals surface area contributed by atoms with Crippen molar-refractivity contribution < 1.29 is 9.59 Å². The number of amides is 1. The lowest BCUT2D eigenvalue weighted by Gasteiger charge is -2.06. The zero-order valence-electron chi connectivity index (χ0n) is 15.3. The third kappa shape index (κ3) is 3.71. The number of thiophene rings is 3. The Morgan fingerprint density at radius 2 is 1.71 bits per heavy atom. The summed E-state index contributed by atoms with van der Waals surface area (Å²) in [6.07, 6.45) is 0. The van der Waals surface area contributed by atoms with Crippen molar-refractivity contribution in [1.82, 2.24) is 0 Å². The molecule has 0 radical (unpaired) electrons. The highest BCUT2D eigenvalue weighted by Crippen LogP contribution is 2.37. The van der Waals surface area contributed by atoms with Gasteiger partial charge in [-0.1, -0.05) is 35.9 Å². The Morgan fingerprint density at radius 3 is 2.39 bits per heavy atom. The van der Waals surface area contributed by atoms with E-state index in [0.717, 1.165) is 25.8 Å². The van der Waals surface area contributed by atoms with Gasteiger partial charge in [-0.25, -0.2) is 0 Å². The van der Waals surface area contributed by atoms with Gasteiger partial charge in [0.25, 0.3) is 5.91 Å². The average molecular weight is 424 g/mol. The fraction of sp³-hybridized carbons (Fsp3) is 0.0909. The van der Waals surface area contributed by atoms with E-state index in [2.05, 4.69) is 5.32 Å². The van der Waals surface area contributed by atoms with Crippen LogP contribution in [0.3, 0.4) is 0 Å². The largest absolute Gasteiger partial charge is 0.320 e. The SMILES string of the molecule is CC(=O)c1c(NC(=O)c2ccc(-c3cccs3)s2)csc1-c1ccc(C)cc1. The number of benzene rings is 1. The first-order valence-corrected chi connectivity index (χ1v) is 11.2. The number of hydrogen-bond acceptors (Lipinski definition) is 5. The van der Waals surface area contributed by atoms with Crippen molar-refractivity contribution in [3.05, 3.63) is 75.3 Å². The Kier molecular flexibility index (Phi) is 5.26. The molecule has 0 atom stereocenters. The molecule has 0 saturated carbocycles. The standard InChI is InChI=1S/C22H17NO2S3/c1-13-5-7-15(8-6-13)21-20(14(2)24)16(12-27-21)23-22(25)19-10-9-18(28-19)17-4-3-11-26-17/h3-12H,1-2H3,(H,23,25). The van der Waals surface area contributed by atoms with E-state index in [1.165, 1.54) is 29.6 Å². The quantitative estimate of drug-likeness (QED) is 0.352. The van der Waals surface area contributed by atoms with Gasteiger partial charge >= 0.3 is 0 Å². The summed E-state index contributed by atoms with van der Waals surface area (Å²) in [6.45, 7) is 3.57. The van der Waals surface area contributed by atoms with Gasteiger partial charge in [0.15, 0.2) is 5.78 Å². The lowest BCUT2D eigenvalue weighted by molar-refractivity contribution is 0.101. The van der Waals surface area contributed by atoms with Crippen molar-refractivity contribution in [2.75, 3.05) is 5.32 Å². The summed E-state index contributed by atoms with van der Waals surface area (Å²) < 4.78 is 0. The number of anilines is 1. The minimum Gasteiger partial charge on any atom is -0.320 e. The Balaban J connectivity index is 1.62. The van der Waals surface area contributed by atoms with Gasteiger partial charge in [0, 0.05) is 20.0 Å². The number of carbonyl (C=O) groups excluding carboxylic acids is 2. The molecule has 0 fully saturated rings. The van der Waals surface area contributed by atoms with Gasteiger partial charge in [0.2, 0.25) is 0 Å². The average Bonchev–Trinajstić information content (AvgIpc) is 3.42.